The quantitative estimate of drug-likeness (QED) is 0.720. The Labute approximate surface area is 108 Å². The third kappa shape index (κ3) is 4.17. The number of nitrogens with zero attached hydrogens (tertiary/aromatic N) is 2. The van der Waals surface area contributed by atoms with Crippen molar-refractivity contribution in [2.75, 3.05) is 11.9 Å². The zero-order valence-electron chi connectivity index (χ0n) is 11.2. The minimum Gasteiger partial charge on any atom is -0.383 e. The van der Waals surface area contributed by atoms with E-state index in [1.165, 1.54) is 32.1 Å². The van der Waals surface area contributed by atoms with Gasteiger partial charge < -0.3 is 5.32 Å². The van der Waals surface area contributed by atoms with Gasteiger partial charge in [0.05, 0.1) is 11.9 Å². The summed E-state index contributed by atoms with van der Waals surface area (Å²) in [6.45, 7) is 3.90. The van der Waals surface area contributed by atoms with Crippen LogP contribution in [0.15, 0.2) is 17.1 Å². The van der Waals surface area contributed by atoms with Crippen LogP contribution in [0, 0.1) is 5.92 Å². The number of hydrogen-bond donors (Lipinski definition) is 1. The zero-order valence-corrected chi connectivity index (χ0v) is 11.2. The van der Waals surface area contributed by atoms with Crippen LogP contribution in [0.3, 0.4) is 0 Å². The molecule has 0 atom stereocenters. The standard InChI is InChI=1S/C14H23N3O/c1-2-3-4-5-8-17-14(18)9-13(11-16-17)15-10-12-6-7-12/h9,11-12,15H,2-8,10H2,1H3. The van der Waals surface area contributed by atoms with Crippen LogP contribution in [0.4, 0.5) is 5.69 Å². The number of aryl methyl sites for hydroxylation is 1. The summed E-state index contributed by atoms with van der Waals surface area (Å²) in [4.78, 5) is 11.8. The third-order valence-electron chi connectivity index (χ3n) is 3.38. The van der Waals surface area contributed by atoms with Gasteiger partial charge in [-0.25, -0.2) is 4.68 Å². The fourth-order valence-corrected chi connectivity index (χ4v) is 1.97. The molecule has 1 saturated carbocycles. The van der Waals surface area contributed by atoms with E-state index in [0.29, 0.717) is 0 Å². The molecule has 0 unspecified atom stereocenters. The van der Waals surface area contributed by atoms with E-state index in [2.05, 4.69) is 17.3 Å². The van der Waals surface area contributed by atoms with Crippen molar-refractivity contribution >= 4 is 5.69 Å². The molecule has 0 saturated heterocycles. The highest BCUT2D eigenvalue weighted by molar-refractivity contribution is 5.38. The van der Waals surface area contributed by atoms with Gasteiger partial charge in [0.15, 0.2) is 0 Å². The number of anilines is 1. The van der Waals surface area contributed by atoms with Gasteiger partial charge in [-0.05, 0) is 25.2 Å². The summed E-state index contributed by atoms with van der Waals surface area (Å²) < 4.78 is 1.57. The first kappa shape index (κ1) is 13.1. The second-order valence-electron chi connectivity index (χ2n) is 5.19. The molecule has 2 rings (SSSR count). The fourth-order valence-electron chi connectivity index (χ4n) is 1.97. The van der Waals surface area contributed by atoms with E-state index in [-0.39, 0.29) is 5.56 Å². The molecule has 1 aliphatic rings. The Balaban J connectivity index is 1.81. The minimum absolute atomic E-state index is 0.00676. The van der Waals surface area contributed by atoms with E-state index < -0.39 is 0 Å². The van der Waals surface area contributed by atoms with Crippen LogP contribution in [0.25, 0.3) is 0 Å². The van der Waals surface area contributed by atoms with E-state index in [0.717, 1.165) is 31.1 Å². The molecule has 0 aromatic carbocycles. The summed E-state index contributed by atoms with van der Waals surface area (Å²) >= 11 is 0. The minimum atomic E-state index is 0.00676. The summed E-state index contributed by atoms with van der Waals surface area (Å²) in [5.41, 5.74) is 0.865. The highest BCUT2D eigenvalue weighted by atomic mass is 16.1. The van der Waals surface area contributed by atoms with Gasteiger partial charge in [-0.3, -0.25) is 4.79 Å². The summed E-state index contributed by atoms with van der Waals surface area (Å²) in [5, 5.41) is 7.49. The first-order valence-electron chi connectivity index (χ1n) is 7.10. The molecule has 0 spiro atoms. The van der Waals surface area contributed by atoms with Crippen molar-refractivity contribution in [2.24, 2.45) is 5.92 Å². The van der Waals surface area contributed by atoms with Crippen molar-refractivity contribution in [3.05, 3.63) is 22.6 Å². The molecule has 1 aromatic rings. The summed E-state index contributed by atoms with van der Waals surface area (Å²) in [5.74, 6) is 0.807. The molecular weight excluding hydrogens is 226 g/mol. The van der Waals surface area contributed by atoms with Gasteiger partial charge in [0.25, 0.3) is 5.56 Å². The molecular formula is C14H23N3O. The fraction of sp³-hybridized carbons (Fsp3) is 0.714. The molecule has 100 valence electrons. The molecule has 1 fully saturated rings. The van der Waals surface area contributed by atoms with Crippen molar-refractivity contribution in [2.45, 2.75) is 52.0 Å². The molecule has 4 heteroatoms. The monoisotopic (exact) mass is 249 g/mol. The number of unbranched alkanes of at least 4 members (excludes halogenated alkanes) is 3. The maximum atomic E-state index is 11.8. The predicted molar refractivity (Wildman–Crippen MR) is 73.9 cm³/mol. The zero-order chi connectivity index (χ0) is 12.8. The smallest absolute Gasteiger partial charge is 0.268 e. The predicted octanol–water partition coefficient (Wildman–Crippen LogP) is 2.65. The SMILES string of the molecule is CCCCCCn1ncc(NCC2CC2)cc1=O. The first-order chi connectivity index (χ1) is 8.79. The molecule has 1 heterocycles. The van der Waals surface area contributed by atoms with Gasteiger partial charge in [-0.1, -0.05) is 26.2 Å². The maximum absolute atomic E-state index is 11.8. The lowest BCUT2D eigenvalue weighted by Gasteiger charge is -2.07. The van der Waals surface area contributed by atoms with Crippen molar-refractivity contribution in [1.29, 1.82) is 0 Å². The van der Waals surface area contributed by atoms with Crippen LogP contribution in [0.2, 0.25) is 0 Å². The van der Waals surface area contributed by atoms with E-state index in [4.69, 9.17) is 0 Å². The van der Waals surface area contributed by atoms with Crippen LogP contribution in [-0.2, 0) is 6.54 Å². The van der Waals surface area contributed by atoms with Gasteiger partial charge in [0, 0.05) is 19.2 Å². The Bertz CT molecular complexity index is 423. The summed E-state index contributed by atoms with van der Waals surface area (Å²) in [6, 6.07) is 1.66. The summed E-state index contributed by atoms with van der Waals surface area (Å²) in [6.07, 6.45) is 9.05. The first-order valence-corrected chi connectivity index (χ1v) is 7.10. The lowest BCUT2D eigenvalue weighted by Crippen LogP contribution is -2.23. The molecule has 0 radical (unpaired) electrons. The van der Waals surface area contributed by atoms with Crippen molar-refractivity contribution in [3.63, 3.8) is 0 Å². The van der Waals surface area contributed by atoms with Crippen LogP contribution in [-0.4, -0.2) is 16.3 Å². The Kier molecular flexibility index (Phi) is 4.79. The largest absolute Gasteiger partial charge is 0.383 e. The maximum Gasteiger partial charge on any atom is 0.268 e. The number of hydrogen-bond acceptors (Lipinski definition) is 3. The Morgan fingerprint density at radius 1 is 1.39 bits per heavy atom. The van der Waals surface area contributed by atoms with Crippen molar-refractivity contribution < 1.29 is 0 Å². The lowest BCUT2D eigenvalue weighted by molar-refractivity contribution is 0.519. The molecule has 1 aromatic heterocycles. The van der Waals surface area contributed by atoms with Gasteiger partial charge in [0.2, 0.25) is 0 Å². The van der Waals surface area contributed by atoms with Crippen LogP contribution >= 0.6 is 0 Å². The Hall–Kier alpha value is -1.32. The van der Waals surface area contributed by atoms with Gasteiger partial charge in [-0.15, -0.1) is 0 Å². The average molecular weight is 249 g/mol. The second-order valence-corrected chi connectivity index (χ2v) is 5.19. The molecule has 0 amide bonds. The van der Waals surface area contributed by atoms with E-state index >= 15 is 0 Å². The molecule has 1 aliphatic carbocycles. The van der Waals surface area contributed by atoms with Crippen molar-refractivity contribution in [1.82, 2.24) is 9.78 Å². The highest BCUT2D eigenvalue weighted by Crippen LogP contribution is 2.28. The van der Waals surface area contributed by atoms with E-state index in [1.807, 2.05) is 0 Å². The highest BCUT2D eigenvalue weighted by Gasteiger charge is 2.20. The normalized spacial score (nSPS) is 14.7. The van der Waals surface area contributed by atoms with Crippen LogP contribution in [0.1, 0.15) is 45.4 Å². The van der Waals surface area contributed by atoms with Gasteiger partial charge in [0.1, 0.15) is 0 Å². The number of nitrogens with one attached hydrogen (secondary N) is 1. The van der Waals surface area contributed by atoms with Gasteiger partial charge in [-0.2, -0.15) is 5.10 Å². The summed E-state index contributed by atoms with van der Waals surface area (Å²) in [7, 11) is 0. The van der Waals surface area contributed by atoms with E-state index in [1.54, 1.807) is 16.9 Å². The number of rotatable bonds is 8. The Morgan fingerprint density at radius 2 is 2.22 bits per heavy atom. The van der Waals surface area contributed by atoms with Gasteiger partial charge >= 0.3 is 0 Å². The molecule has 18 heavy (non-hydrogen) atoms. The molecule has 0 aliphatic heterocycles. The van der Waals surface area contributed by atoms with E-state index in [9.17, 15) is 4.79 Å². The second kappa shape index (κ2) is 6.57. The average Bonchev–Trinajstić information content (AvgIpc) is 3.18. The van der Waals surface area contributed by atoms with Crippen molar-refractivity contribution in [3.8, 4) is 0 Å². The number of aromatic nitrogens is 2. The lowest BCUT2D eigenvalue weighted by atomic mass is 10.2. The third-order valence-corrected chi connectivity index (χ3v) is 3.38. The molecule has 4 nitrogen and oxygen atoms in total. The van der Waals surface area contributed by atoms with Crippen LogP contribution < -0.4 is 10.9 Å². The molecule has 1 N–H and O–H groups in total. The Morgan fingerprint density at radius 3 is 2.89 bits per heavy atom. The van der Waals surface area contributed by atoms with Crippen LogP contribution in [0.5, 0.6) is 0 Å². The molecule has 0 bridgehead atoms. The topological polar surface area (TPSA) is 46.9 Å².